The predicted molar refractivity (Wildman–Crippen MR) is 75.0 cm³/mol. The summed E-state index contributed by atoms with van der Waals surface area (Å²) < 4.78 is 6.57. The molecule has 2 aromatic rings. The van der Waals surface area contributed by atoms with Crippen molar-refractivity contribution >= 4 is 5.82 Å². The third-order valence-electron chi connectivity index (χ3n) is 2.83. The first-order valence-electron chi connectivity index (χ1n) is 6.34. The highest BCUT2D eigenvalue weighted by Crippen LogP contribution is 2.10. The molecule has 7 nitrogen and oxygen atoms in total. The van der Waals surface area contributed by atoms with Gasteiger partial charge in [0.05, 0.1) is 18.4 Å². The minimum absolute atomic E-state index is 0.294. The molecule has 2 rings (SSSR count). The molecule has 0 unspecified atom stereocenters. The Bertz CT molecular complexity index is 540. The van der Waals surface area contributed by atoms with E-state index in [0.29, 0.717) is 24.8 Å². The molecular weight excluding hydrogens is 258 g/mol. The number of aliphatic hydroxyl groups excluding tert-OH is 1. The second-order valence-corrected chi connectivity index (χ2v) is 4.64. The van der Waals surface area contributed by atoms with Crippen LogP contribution in [0.3, 0.4) is 0 Å². The van der Waals surface area contributed by atoms with Gasteiger partial charge in [0.1, 0.15) is 0 Å². The van der Waals surface area contributed by atoms with Crippen molar-refractivity contribution < 1.29 is 9.84 Å². The van der Waals surface area contributed by atoms with Gasteiger partial charge in [-0.05, 0) is 25.1 Å². The Kier molecular flexibility index (Phi) is 4.65. The Morgan fingerprint density at radius 2 is 2.15 bits per heavy atom. The van der Waals surface area contributed by atoms with E-state index in [0.717, 1.165) is 5.69 Å². The quantitative estimate of drug-likeness (QED) is 0.824. The van der Waals surface area contributed by atoms with Gasteiger partial charge in [0.25, 0.3) is 0 Å². The molecule has 0 spiro atoms. The second-order valence-electron chi connectivity index (χ2n) is 4.64. The summed E-state index contributed by atoms with van der Waals surface area (Å²) >= 11 is 0. The topological polar surface area (TPSA) is 76.3 Å². The molecule has 1 atom stereocenters. The van der Waals surface area contributed by atoms with E-state index < -0.39 is 6.10 Å². The fraction of sp³-hybridized carbons (Fsp3) is 0.462. The van der Waals surface area contributed by atoms with Gasteiger partial charge in [-0.1, -0.05) is 0 Å². The number of hydrogen-bond donors (Lipinski definition) is 1. The molecule has 0 fully saturated rings. The first-order chi connectivity index (χ1) is 9.60. The van der Waals surface area contributed by atoms with Crippen molar-refractivity contribution in [2.24, 2.45) is 0 Å². The van der Waals surface area contributed by atoms with E-state index in [9.17, 15) is 5.11 Å². The highest BCUT2D eigenvalue weighted by atomic mass is 16.5. The fourth-order valence-corrected chi connectivity index (χ4v) is 1.84. The zero-order chi connectivity index (χ0) is 14.5. The van der Waals surface area contributed by atoms with Gasteiger partial charge in [0, 0.05) is 26.9 Å². The summed E-state index contributed by atoms with van der Waals surface area (Å²) in [6, 6.07) is 5.59. The van der Waals surface area contributed by atoms with Crippen molar-refractivity contribution in [1.29, 1.82) is 0 Å². The molecule has 0 aliphatic rings. The number of nitrogens with zero attached hydrogens (tertiary/aromatic N) is 5. The number of aliphatic hydroxyl groups is 1. The van der Waals surface area contributed by atoms with Crippen LogP contribution in [0.2, 0.25) is 0 Å². The number of aryl methyl sites for hydroxylation is 1. The standard InChI is InChI=1S/C13H19N5O2/c1-10-6-7-18(16-10)13-5-4-12(14-15-13)17(2)8-11(19)9-20-3/h4-7,11,19H,8-9H2,1-3H3/t11-/m1/s1. The lowest BCUT2D eigenvalue weighted by Gasteiger charge is -2.20. The maximum atomic E-state index is 9.69. The smallest absolute Gasteiger partial charge is 0.175 e. The number of aromatic nitrogens is 4. The Labute approximate surface area is 117 Å². The van der Waals surface area contributed by atoms with Crippen LogP contribution in [-0.4, -0.2) is 58.5 Å². The first-order valence-corrected chi connectivity index (χ1v) is 6.34. The predicted octanol–water partition coefficient (Wildman–Crippen LogP) is 0.414. The molecule has 20 heavy (non-hydrogen) atoms. The van der Waals surface area contributed by atoms with E-state index in [1.54, 1.807) is 11.8 Å². The van der Waals surface area contributed by atoms with E-state index in [2.05, 4.69) is 15.3 Å². The van der Waals surface area contributed by atoms with Gasteiger partial charge < -0.3 is 14.7 Å². The van der Waals surface area contributed by atoms with Gasteiger partial charge in [0.2, 0.25) is 0 Å². The highest BCUT2D eigenvalue weighted by molar-refractivity contribution is 5.38. The van der Waals surface area contributed by atoms with Crippen LogP contribution in [-0.2, 0) is 4.74 Å². The number of likely N-dealkylation sites (N-methyl/N-ethyl adjacent to an activating group) is 1. The molecule has 0 aromatic carbocycles. The minimum atomic E-state index is -0.555. The average Bonchev–Trinajstić information content (AvgIpc) is 2.86. The van der Waals surface area contributed by atoms with Crippen LogP contribution in [0, 0.1) is 6.92 Å². The van der Waals surface area contributed by atoms with Crippen LogP contribution in [0.15, 0.2) is 24.4 Å². The van der Waals surface area contributed by atoms with Gasteiger partial charge in [-0.25, -0.2) is 4.68 Å². The Morgan fingerprint density at radius 1 is 1.35 bits per heavy atom. The molecular formula is C13H19N5O2. The lowest BCUT2D eigenvalue weighted by atomic mass is 10.3. The molecule has 1 N–H and O–H groups in total. The summed E-state index contributed by atoms with van der Waals surface area (Å²) in [6.07, 6.45) is 1.28. The maximum Gasteiger partial charge on any atom is 0.175 e. The molecule has 0 saturated heterocycles. The molecule has 0 radical (unpaired) electrons. The van der Waals surface area contributed by atoms with Crippen LogP contribution in [0.25, 0.3) is 5.82 Å². The van der Waals surface area contributed by atoms with Crippen molar-refractivity contribution in [1.82, 2.24) is 20.0 Å². The molecule has 7 heteroatoms. The number of methoxy groups -OCH3 is 1. The fourth-order valence-electron chi connectivity index (χ4n) is 1.84. The summed E-state index contributed by atoms with van der Waals surface area (Å²) in [5.41, 5.74) is 0.927. The SMILES string of the molecule is COC[C@H](O)CN(C)c1ccc(-n2ccc(C)n2)nn1. The number of hydrogen-bond acceptors (Lipinski definition) is 6. The Hall–Kier alpha value is -1.99. The van der Waals surface area contributed by atoms with Crippen LogP contribution < -0.4 is 4.90 Å². The Morgan fingerprint density at radius 3 is 2.70 bits per heavy atom. The van der Waals surface area contributed by atoms with Gasteiger partial charge in [-0.3, -0.25) is 0 Å². The lowest BCUT2D eigenvalue weighted by Crippen LogP contribution is -2.32. The van der Waals surface area contributed by atoms with E-state index in [1.165, 1.54) is 0 Å². The normalized spacial score (nSPS) is 12.4. The zero-order valence-electron chi connectivity index (χ0n) is 11.9. The number of anilines is 1. The van der Waals surface area contributed by atoms with Crippen molar-refractivity contribution in [3.63, 3.8) is 0 Å². The molecule has 0 aliphatic heterocycles. The summed E-state index contributed by atoms with van der Waals surface area (Å²) in [6.45, 7) is 2.65. The number of rotatable bonds is 6. The minimum Gasteiger partial charge on any atom is -0.389 e. The maximum absolute atomic E-state index is 9.69. The molecule has 108 valence electrons. The van der Waals surface area contributed by atoms with E-state index in [-0.39, 0.29) is 0 Å². The van der Waals surface area contributed by atoms with Crippen LogP contribution >= 0.6 is 0 Å². The summed E-state index contributed by atoms with van der Waals surface area (Å²) in [4.78, 5) is 1.83. The summed E-state index contributed by atoms with van der Waals surface area (Å²) in [5.74, 6) is 1.35. The second kappa shape index (κ2) is 6.44. The van der Waals surface area contributed by atoms with Crippen molar-refractivity contribution in [3.05, 3.63) is 30.1 Å². The van der Waals surface area contributed by atoms with Gasteiger partial charge >= 0.3 is 0 Å². The van der Waals surface area contributed by atoms with Gasteiger partial charge in [0.15, 0.2) is 11.6 Å². The molecule has 2 aromatic heterocycles. The molecule has 2 heterocycles. The monoisotopic (exact) mass is 277 g/mol. The third-order valence-corrected chi connectivity index (χ3v) is 2.83. The summed E-state index contributed by atoms with van der Waals surface area (Å²) in [7, 11) is 3.41. The van der Waals surface area contributed by atoms with E-state index in [1.807, 2.05) is 43.3 Å². The average molecular weight is 277 g/mol. The lowest BCUT2D eigenvalue weighted by molar-refractivity contribution is 0.0694. The number of ether oxygens (including phenoxy) is 1. The molecule has 0 bridgehead atoms. The van der Waals surface area contributed by atoms with E-state index >= 15 is 0 Å². The van der Waals surface area contributed by atoms with Crippen molar-refractivity contribution in [2.75, 3.05) is 32.2 Å². The van der Waals surface area contributed by atoms with Crippen molar-refractivity contribution in [3.8, 4) is 5.82 Å². The first kappa shape index (κ1) is 14.4. The summed E-state index contributed by atoms with van der Waals surface area (Å²) in [5, 5.41) is 22.2. The molecule has 0 amide bonds. The zero-order valence-corrected chi connectivity index (χ0v) is 11.9. The Balaban J connectivity index is 2.04. The van der Waals surface area contributed by atoms with Crippen molar-refractivity contribution in [2.45, 2.75) is 13.0 Å². The molecule has 0 saturated carbocycles. The van der Waals surface area contributed by atoms with Crippen LogP contribution in [0.4, 0.5) is 5.82 Å². The largest absolute Gasteiger partial charge is 0.389 e. The van der Waals surface area contributed by atoms with E-state index in [4.69, 9.17) is 4.74 Å². The third kappa shape index (κ3) is 3.52. The highest BCUT2D eigenvalue weighted by Gasteiger charge is 2.10. The molecule has 0 aliphatic carbocycles. The van der Waals surface area contributed by atoms with Crippen LogP contribution in [0.1, 0.15) is 5.69 Å². The van der Waals surface area contributed by atoms with Gasteiger partial charge in [-0.15, -0.1) is 10.2 Å². The van der Waals surface area contributed by atoms with Gasteiger partial charge in [-0.2, -0.15) is 5.10 Å². The van der Waals surface area contributed by atoms with Crippen LogP contribution in [0.5, 0.6) is 0 Å².